The summed E-state index contributed by atoms with van der Waals surface area (Å²) in [6.45, 7) is 0.629. The topological polar surface area (TPSA) is 69.7 Å². The molecule has 144 valence electrons. The van der Waals surface area contributed by atoms with Gasteiger partial charge in [-0.15, -0.1) is 0 Å². The largest absolute Gasteiger partial charge is 0.351 e. The van der Waals surface area contributed by atoms with E-state index in [2.05, 4.69) is 5.32 Å². The number of halogens is 2. The summed E-state index contributed by atoms with van der Waals surface area (Å²) in [6.07, 6.45) is 0. The van der Waals surface area contributed by atoms with Crippen molar-refractivity contribution in [1.82, 2.24) is 13.9 Å². The highest BCUT2D eigenvalue weighted by molar-refractivity contribution is 7.87. The molecular formula is C18H19ClFN3O3S. The van der Waals surface area contributed by atoms with Crippen molar-refractivity contribution in [2.45, 2.75) is 13.1 Å². The normalized spacial score (nSPS) is 17.1. The van der Waals surface area contributed by atoms with Crippen LogP contribution in [0, 0.1) is 5.82 Å². The number of carbonyl (C=O) groups excluding carboxylic acids is 1. The van der Waals surface area contributed by atoms with Crippen LogP contribution in [0.25, 0.3) is 0 Å². The average molecular weight is 412 g/mol. The molecule has 0 aromatic heterocycles. The molecule has 1 N–H and O–H groups in total. The Balaban J connectivity index is 1.57. The summed E-state index contributed by atoms with van der Waals surface area (Å²) in [5.41, 5.74) is 1.44. The van der Waals surface area contributed by atoms with Crippen LogP contribution in [0.2, 0.25) is 5.02 Å². The minimum atomic E-state index is -3.73. The van der Waals surface area contributed by atoms with Gasteiger partial charge in [0.25, 0.3) is 10.2 Å². The first-order valence-corrected chi connectivity index (χ1v) is 10.1. The van der Waals surface area contributed by atoms with Crippen molar-refractivity contribution in [3.63, 3.8) is 0 Å². The Labute approximate surface area is 162 Å². The molecule has 1 aliphatic heterocycles. The van der Waals surface area contributed by atoms with Gasteiger partial charge in [-0.25, -0.2) is 4.39 Å². The second-order valence-corrected chi connectivity index (χ2v) is 8.51. The summed E-state index contributed by atoms with van der Waals surface area (Å²) in [4.78, 5) is 12.1. The third kappa shape index (κ3) is 4.84. The van der Waals surface area contributed by atoms with E-state index < -0.39 is 16.1 Å². The maximum Gasteiger partial charge on any atom is 0.282 e. The van der Waals surface area contributed by atoms with E-state index in [4.69, 9.17) is 11.6 Å². The molecule has 0 spiro atoms. The van der Waals surface area contributed by atoms with Gasteiger partial charge in [-0.05, 0) is 29.3 Å². The molecule has 1 heterocycles. The minimum absolute atomic E-state index is 0.162. The zero-order chi connectivity index (χ0) is 19.4. The molecule has 1 amide bonds. The molecule has 2 aromatic carbocycles. The van der Waals surface area contributed by atoms with Gasteiger partial charge in [0, 0.05) is 31.2 Å². The molecule has 9 heteroatoms. The minimum Gasteiger partial charge on any atom is -0.351 e. The quantitative estimate of drug-likeness (QED) is 0.791. The van der Waals surface area contributed by atoms with Crippen LogP contribution in [0.15, 0.2) is 48.5 Å². The molecule has 2 aromatic rings. The van der Waals surface area contributed by atoms with Crippen LogP contribution in [0.3, 0.4) is 0 Å². The number of amides is 1. The number of hydrogen-bond donors (Lipinski definition) is 1. The van der Waals surface area contributed by atoms with E-state index in [1.54, 1.807) is 36.4 Å². The molecule has 1 aliphatic rings. The van der Waals surface area contributed by atoms with Gasteiger partial charge in [0.1, 0.15) is 5.82 Å². The maximum absolute atomic E-state index is 12.9. The molecule has 0 saturated carbocycles. The Morgan fingerprint density at radius 2 is 1.74 bits per heavy atom. The highest BCUT2D eigenvalue weighted by Crippen LogP contribution is 2.23. The van der Waals surface area contributed by atoms with Gasteiger partial charge in [0.2, 0.25) is 5.91 Å². The molecule has 6 nitrogen and oxygen atoms in total. The Morgan fingerprint density at radius 1 is 1.07 bits per heavy atom. The van der Waals surface area contributed by atoms with E-state index in [1.165, 1.54) is 16.4 Å². The van der Waals surface area contributed by atoms with Gasteiger partial charge in [-0.3, -0.25) is 4.79 Å². The van der Waals surface area contributed by atoms with Crippen LogP contribution in [0.1, 0.15) is 11.1 Å². The van der Waals surface area contributed by atoms with E-state index in [1.807, 2.05) is 0 Å². The fraction of sp³-hybridized carbons (Fsp3) is 0.278. The molecule has 0 unspecified atom stereocenters. The van der Waals surface area contributed by atoms with Crippen LogP contribution < -0.4 is 5.32 Å². The lowest BCUT2D eigenvalue weighted by atomic mass is 10.2. The standard InChI is InChI=1S/C18H19ClFN3O3S/c19-17-4-2-1-3-15(17)12-22-9-10-23(27(22,25)26)13-18(24)21-11-14-5-7-16(20)8-6-14/h1-8H,9-13H2,(H,21,24). The van der Waals surface area contributed by atoms with E-state index in [0.717, 1.165) is 9.87 Å². The van der Waals surface area contributed by atoms with Crippen LogP contribution >= 0.6 is 11.6 Å². The maximum atomic E-state index is 12.9. The molecule has 1 fully saturated rings. The lowest BCUT2D eigenvalue weighted by Gasteiger charge is -2.19. The molecular weight excluding hydrogens is 393 g/mol. The third-order valence-electron chi connectivity index (χ3n) is 4.28. The SMILES string of the molecule is O=C(CN1CCN(Cc2ccccc2Cl)S1(=O)=O)NCc1ccc(F)cc1. The number of carbonyl (C=O) groups is 1. The second kappa shape index (κ2) is 8.35. The van der Waals surface area contributed by atoms with Crippen molar-refractivity contribution in [3.05, 3.63) is 70.5 Å². The second-order valence-electron chi connectivity index (χ2n) is 6.17. The van der Waals surface area contributed by atoms with Crippen LogP contribution in [-0.2, 0) is 28.1 Å². The van der Waals surface area contributed by atoms with Gasteiger partial charge in [-0.1, -0.05) is 41.9 Å². The first kappa shape index (κ1) is 19.8. The zero-order valence-electron chi connectivity index (χ0n) is 14.4. The summed E-state index contributed by atoms with van der Waals surface area (Å²) in [7, 11) is -3.73. The van der Waals surface area contributed by atoms with Crippen molar-refractivity contribution >= 4 is 27.7 Å². The van der Waals surface area contributed by atoms with Crippen molar-refractivity contribution in [2.24, 2.45) is 0 Å². The highest BCUT2D eigenvalue weighted by atomic mass is 35.5. The van der Waals surface area contributed by atoms with Crippen molar-refractivity contribution in [1.29, 1.82) is 0 Å². The van der Waals surface area contributed by atoms with Gasteiger partial charge >= 0.3 is 0 Å². The predicted octanol–water partition coefficient (Wildman–Crippen LogP) is 2.16. The van der Waals surface area contributed by atoms with Crippen LogP contribution in [-0.4, -0.2) is 42.6 Å². The molecule has 0 bridgehead atoms. The summed E-state index contributed by atoms with van der Waals surface area (Å²) in [5, 5.41) is 3.15. The van der Waals surface area contributed by atoms with Crippen LogP contribution in [0.5, 0.6) is 0 Å². The van der Waals surface area contributed by atoms with Gasteiger partial charge < -0.3 is 5.32 Å². The fourth-order valence-electron chi connectivity index (χ4n) is 2.77. The van der Waals surface area contributed by atoms with Gasteiger partial charge in [-0.2, -0.15) is 17.0 Å². The van der Waals surface area contributed by atoms with Gasteiger partial charge in [0.15, 0.2) is 0 Å². The Bertz CT molecular complexity index is 922. The van der Waals surface area contributed by atoms with E-state index in [0.29, 0.717) is 17.1 Å². The highest BCUT2D eigenvalue weighted by Gasteiger charge is 2.37. The third-order valence-corrected chi connectivity index (χ3v) is 6.58. The first-order chi connectivity index (χ1) is 12.9. The summed E-state index contributed by atoms with van der Waals surface area (Å²) >= 11 is 6.10. The van der Waals surface area contributed by atoms with Gasteiger partial charge in [0.05, 0.1) is 6.54 Å². The lowest BCUT2D eigenvalue weighted by molar-refractivity contribution is -0.121. The van der Waals surface area contributed by atoms with E-state index in [-0.39, 0.29) is 32.0 Å². The Kier molecular flexibility index (Phi) is 6.11. The molecule has 1 saturated heterocycles. The molecule has 0 aliphatic carbocycles. The summed E-state index contributed by atoms with van der Waals surface area (Å²) in [6, 6.07) is 12.8. The Morgan fingerprint density at radius 3 is 2.44 bits per heavy atom. The molecule has 27 heavy (non-hydrogen) atoms. The van der Waals surface area contributed by atoms with Crippen LogP contribution in [0.4, 0.5) is 4.39 Å². The number of rotatable bonds is 6. The monoisotopic (exact) mass is 411 g/mol. The number of benzene rings is 2. The van der Waals surface area contributed by atoms with Crippen molar-refractivity contribution < 1.29 is 17.6 Å². The zero-order valence-corrected chi connectivity index (χ0v) is 16.0. The Hall–Kier alpha value is -2.00. The molecule has 0 radical (unpaired) electrons. The molecule has 0 atom stereocenters. The average Bonchev–Trinajstić information content (AvgIpc) is 2.91. The first-order valence-electron chi connectivity index (χ1n) is 8.36. The predicted molar refractivity (Wildman–Crippen MR) is 101 cm³/mol. The van der Waals surface area contributed by atoms with E-state index in [9.17, 15) is 17.6 Å². The van der Waals surface area contributed by atoms with Crippen molar-refractivity contribution in [3.8, 4) is 0 Å². The number of nitrogens with zero attached hydrogens (tertiary/aromatic N) is 2. The lowest BCUT2D eigenvalue weighted by Crippen LogP contribution is -2.40. The summed E-state index contributed by atoms with van der Waals surface area (Å²) in [5.74, 6) is -0.769. The smallest absolute Gasteiger partial charge is 0.282 e. The summed E-state index contributed by atoms with van der Waals surface area (Å²) < 4.78 is 40.6. The number of nitrogens with one attached hydrogen (secondary N) is 1. The van der Waals surface area contributed by atoms with E-state index >= 15 is 0 Å². The molecule has 3 rings (SSSR count). The number of hydrogen-bond acceptors (Lipinski definition) is 3. The fourth-order valence-corrected chi connectivity index (χ4v) is 4.50. The van der Waals surface area contributed by atoms with Crippen molar-refractivity contribution in [2.75, 3.05) is 19.6 Å².